The number of hydrogen-bond donors (Lipinski definition) is 1. The summed E-state index contributed by atoms with van der Waals surface area (Å²) in [6, 6.07) is 18.6. The van der Waals surface area contributed by atoms with Gasteiger partial charge in [-0.2, -0.15) is 0 Å². The molecule has 9 aliphatic heterocycles. The number of esters is 11. The molecule has 0 saturated carbocycles. The van der Waals surface area contributed by atoms with Crippen molar-refractivity contribution in [2.24, 2.45) is 0 Å². The van der Waals surface area contributed by atoms with Crippen LogP contribution in [0.5, 0.6) is 34.5 Å². The molecule has 0 radical (unpaired) electrons. The summed E-state index contributed by atoms with van der Waals surface area (Å²) in [7, 11) is 8.20. The van der Waals surface area contributed by atoms with Crippen molar-refractivity contribution in [3.05, 3.63) is 166 Å². The summed E-state index contributed by atoms with van der Waals surface area (Å²) >= 11 is 0. The van der Waals surface area contributed by atoms with E-state index in [4.69, 9.17) is 104 Å². The normalized spacial score (nSPS) is 24.0. The summed E-state index contributed by atoms with van der Waals surface area (Å²) in [5.74, 6) is -3.12. The summed E-state index contributed by atoms with van der Waals surface area (Å²) in [5, 5.41) is 11.6. The Morgan fingerprint density at radius 3 is 1.05 bits per heavy atom. The van der Waals surface area contributed by atoms with Crippen molar-refractivity contribution in [1.82, 2.24) is 14.7 Å². The highest BCUT2D eigenvalue weighted by Crippen LogP contribution is 2.61. The topological polar surface area (TPSA) is 429 Å². The highest BCUT2D eigenvalue weighted by molar-refractivity contribution is 5.94. The number of furan rings is 2. The molecule has 3 aromatic carbocycles. The van der Waals surface area contributed by atoms with Crippen LogP contribution < -0.4 is 28.4 Å². The first kappa shape index (κ1) is 105. The molecule has 0 amide bonds. The number of methoxy groups -OCH3 is 6. The summed E-state index contributed by atoms with van der Waals surface area (Å²) in [6.45, 7) is 19.7. The average Bonchev–Trinajstić information content (AvgIpc) is 1.56. The van der Waals surface area contributed by atoms with E-state index in [0.29, 0.717) is 76.1 Å². The molecule has 3 spiro atoms. The molecule has 12 atom stereocenters. The van der Waals surface area contributed by atoms with Crippen LogP contribution in [-0.2, 0) is 138 Å². The summed E-state index contributed by atoms with van der Waals surface area (Å²) in [5.41, 5.74) is -4.37. The minimum atomic E-state index is -2.16. The SMILES string of the molecule is COC(=O)C[C@@](CCCC(C)(C)OC(=O)/C=C/c1ccco1)(OC(=O)/C=C/c1ccco1)C(=O)O[C@@H]1C(OC)=C[C@]23CCCN2CCc2cc4c(cc2[C@H]13)OCO4.COC(=O)C[C@@](CCCC(C)(C)OC(C)=O)(OC(C)=O)C(=O)O[C@@H]1C(OC)=C[C@]23CCCN2CCc2cc4c(cc2[C@H]13)OCO4.COC(=O)C[C@](O)(CCCC(C)(C)OC(C)=O)C(=O)O[C@@H]1C(OC)=C[C@]23CCCN2CCc2cc4c(cc2[C@H]13)OCO4. The van der Waals surface area contributed by atoms with Gasteiger partial charge in [-0.15, -0.1) is 0 Å². The van der Waals surface area contributed by atoms with Crippen molar-refractivity contribution < 1.29 is 161 Å². The minimum absolute atomic E-state index is 0.0683. The van der Waals surface area contributed by atoms with Crippen molar-refractivity contribution in [3.8, 4) is 34.5 Å². The van der Waals surface area contributed by atoms with Crippen LogP contribution in [0, 0.1) is 0 Å². The van der Waals surface area contributed by atoms with Crippen molar-refractivity contribution >= 4 is 77.8 Å². The lowest BCUT2D eigenvalue weighted by atomic mass is 9.77. The van der Waals surface area contributed by atoms with Gasteiger partial charge in [-0.1, -0.05) is 0 Å². The highest BCUT2D eigenvalue weighted by atomic mass is 16.7. The molecular formula is C107H131N3O34. The molecule has 2 aromatic heterocycles. The second kappa shape index (κ2) is 43.6. The third-order valence-corrected chi connectivity index (χ3v) is 29.5. The molecule has 778 valence electrons. The lowest BCUT2D eigenvalue weighted by molar-refractivity contribution is -0.191. The van der Waals surface area contributed by atoms with Crippen LogP contribution in [-0.4, -0.2) is 256 Å². The van der Waals surface area contributed by atoms with Gasteiger partial charge in [0.1, 0.15) is 45.6 Å². The predicted octanol–water partition coefficient (Wildman–Crippen LogP) is 13.2. The molecule has 37 heteroatoms. The number of aliphatic hydroxyl groups is 1. The van der Waals surface area contributed by atoms with Gasteiger partial charge in [-0.25, -0.2) is 24.0 Å². The Morgan fingerprint density at radius 1 is 0.396 bits per heavy atom. The van der Waals surface area contributed by atoms with Gasteiger partial charge in [0.25, 0.3) is 0 Å². The van der Waals surface area contributed by atoms with Crippen molar-refractivity contribution in [2.45, 2.75) is 283 Å². The number of hydrogen-bond acceptors (Lipinski definition) is 37. The molecule has 0 bridgehead atoms. The number of nitrogens with zero attached hydrogens (tertiary/aromatic N) is 3. The molecule has 3 saturated heterocycles. The van der Waals surface area contributed by atoms with Gasteiger partial charge in [0.05, 0.1) is 109 Å². The third kappa shape index (κ3) is 22.6. The fraction of sp³-hybridized carbons (Fsp3) is 0.561. The quantitative estimate of drug-likeness (QED) is 0.0221. The highest BCUT2D eigenvalue weighted by Gasteiger charge is 2.64. The van der Waals surface area contributed by atoms with Gasteiger partial charge in [0, 0.05) is 52.6 Å². The van der Waals surface area contributed by atoms with Gasteiger partial charge in [-0.05, 0) is 301 Å². The van der Waals surface area contributed by atoms with Crippen LogP contribution in [0.2, 0.25) is 0 Å². The van der Waals surface area contributed by atoms with E-state index in [1.807, 2.05) is 36.4 Å². The third-order valence-electron chi connectivity index (χ3n) is 29.5. The van der Waals surface area contributed by atoms with Crippen molar-refractivity contribution in [3.63, 3.8) is 0 Å². The first-order chi connectivity index (χ1) is 68.7. The van der Waals surface area contributed by atoms with Gasteiger partial charge in [-0.3, -0.25) is 43.5 Å². The Hall–Kier alpha value is -12.9. The predicted molar refractivity (Wildman–Crippen MR) is 510 cm³/mol. The Labute approximate surface area is 835 Å². The van der Waals surface area contributed by atoms with E-state index >= 15 is 0 Å². The van der Waals surface area contributed by atoms with Gasteiger partial charge in [0.2, 0.25) is 31.6 Å². The summed E-state index contributed by atoms with van der Waals surface area (Å²) in [4.78, 5) is 151. The maximum absolute atomic E-state index is 15.0. The zero-order chi connectivity index (χ0) is 103. The van der Waals surface area contributed by atoms with Crippen molar-refractivity contribution in [2.75, 3.05) is 102 Å². The Bertz CT molecular complexity index is 5790. The Balaban J connectivity index is 0.000000165. The van der Waals surface area contributed by atoms with E-state index in [1.165, 1.54) is 80.0 Å². The minimum Gasteiger partial charge on any atom is -0.497 e. The molecule has 17 rings (SSSR count). The first-order valence-corrected chi connectivity index (χ1v) is 49.0. The van der Waals surface area contributed by atoms with E-state index in [1.54, 1.807) is 80.0 Å². The summed E-state index contributed by atoms with van der Waals surface area (Å²) in [6.07, 6.45) is 18.9. The second-order valence-electron chi connectivity index (χ2n) is 40.3. The zero-order valence-corrected chi connectivity index (χ0v) is 84.4. The van der Waals surface area contributed by atoms with Gasteiger partial charge in [0.15, 0.2) is 58.4 Å². The van der Waals surface area contributed by atoms with Crippen LogP contribution in [0.1, 0.15) is 241 Å². The largest absolute Gasteiger partial charge is 0.497 e. The van der Waals surface area contributed by atoms with Crippen LogP contribution in [0.4, 0.5) is 0 Å². The zero-order valence-electron chi connectivity index (χ0n) is 84.4. The Kier molecular flexibility index (Phi) is 31.9. The summed E-state index contributed by atoms with van der Waals surface area (Å²) < 4.78 is 125. The number of benzene rings is 3. The van der Waals surface area contributed by atoms with E-state index in [2.05, 4.69) is 32.9 Å². The number of fused-ring (bicyclic) bond motifs is 9. The van der Waals surface area contributed by atoms with E-state index in [9.17, 15) is 57.8 Å². The van der Waals surface area contributed by atoms with E-state index in [0.717, 1.165) is 137 Å². The monoisotopic (exact) mass is 2000 g/mol. The maximum atomic E-state index is 15.0. The second-order valence-corrected chi connectivity index (χ2v) is 40.3. The van der Waals surface area contributed by atoms with Gasteiger partial charge >= 0.3 is 65.7 Å². The van der Waals surface area contributed by atoms with Crippen LogP contribution in [0.3, 0.4) is 0 Å². The maximum Gasteiger partial charge on any atom is 0.351 e. The Morgan fingerprint density at radius 2 is 0.715 bits per heavy atom. The molecule has 5 aromatic rings. The lowest BCUT2D eigenvalue weighted by Crippen LogP contribution is -2.51. The number of ether oxygens (including phenoxy) is 20. The van der Waals surface area contributed by atoms with Crippen LogP contribution >= 0.6 is 0 Å². The number of carbonyl (C=O) groups excluding carboxylic acids is 11. The molecule has 3 aliphatic carbocycles. The van der Waals surface area contributed by atoms with E-state index in [-0.39, 0.29) is 77.2 Å². The number of rotatable bonds is 36. The smallest absolute Gasteiger partial charge is 0.351 e. The number of carbonyl (C=O) groups is 11. The fourth-order valence-corrected chi connectivity index (χ4v) is 23.1. The van der Waals surface area contributed by atoms with E-state index < -0.39 is 159 Å². The molecular weight excluding hydrogens is 1870 g/mol. The van der Waals surface area contributed by atoms with Crippen molar-refractivity contribution in [1.29, 1.82) is 0 Å². The molecule has 144 heavy (non-hydrogen) atoms. The molecule has 0 unspecified atom stereocenters. The first-order valence-electron chi connectivity index (χ1n) is 49.0. The standard InChI is InChI=1S/C43H47NO13.C33H43NO11.C31H41NO10/c1-41(2,56-35(45)13-11-29-9-5-21-51-29)16-7-18-43(26-37(47)50-4,57-36(46)14-12-30-10-6-22-52-30)40(48)55-39-34(49-3)25-42-17-8-19-44(42)20-15-28-23-32-33(54-27-53-32)24-31(28)38(39)42;1-20(35)44-31(3,4)10-7-12-33(45-21(2)36,18-27(37)40-6)30(38)43-29-26(39-5)17-32-11-8-13-34(32)14-9-22-15-24-25(42-19-41-24)16-23(22)28(29)32;1-19(33)42-29(2,3)9-6-11-31(36,17-25(34)38-5)28(35)41-27-24(37-4)16-30-10-7-12-32(30)13-8-20-14-22-23(40-18-39-22)15-21(20)26(27)30/h5-6,9-14,21-25,38-39H,7-8,15-20,26-27H2,1-4H3;15-17,28-29H,7-14,18-19H2,1-6H3;14-16,26-27,36H,6-13,17-18H2,1-5H3/b13-11+,14-12+;;/t38-,39-,42+,43-;28-,29-,32+,33-;26-,27-,30+,31-/m111/s1. The fourth-order valence-electron chi connectivity index (χ4n) is 23.1. The molecule has 12 aliphatic rings. The van der Waals surface area contributed by atoms with Gasteiger partial charge < -0.3 is 109 Å². The average molecular weight is 2000 g/mol. The molecule has 11 heterocycles. The molecule has 3 fully saturated rings. The molecule has 37 nitrogen and oxygen atoms in total. The lowest BCUT2D eigenvalue weighted by Gasteiger charge is -2.40. The van der Waals surface area contributed by atoms with Crippen LogP contribution in [0.15, 0.2) is 130 Å². The van der Waals surface area contributed by atoms with Crippen LogP contribution in [0.25, 0.3) is 12.2 Å². The molecule has 1 N–H and O–H groups in total.